The molecule has 2 fully saturated rings. The molecular formula is C32H47FN6O2. The molecule has 0 spiro atoms. The number of ketones is 1. The summed E-state index contributed by atoms with van der Waals surface area (Å²) in [5.74, 6) is 1.23. The smallest absolute Gasteiger partial charge is 0.249 e. The van der Waals surface area contributed by atoms with Gasteiger partial charge in [-0.1, -0.05) is 44.2 Å². The predicted molar refractivity (Wildman–Crippen MR) is 166 cm³/mol. The van der Waals surface area contributed by atoms with Crippen LogP contribution in [0.25, 0.3) is 11.1 Å². The summed E-state index contributed by atoms with van der Waals surface area (Å²) in [6.07, 6.45) is 7.39. The lowest BCUT2D eigenvalue weighted by molar-refractivity contribution is -0.119. The Morgan fingerprint density at radius 2 is 1.95 bits per heavy atom. The quantitative estimate of drug-likeness (QED) is 0.243. The van der Waals surface area contributed by atoms with Gasteiger partial charge in [-0.25, -0.2) is 9.37 Å². The average Bonchev–Trinajstić information content (AvgIpc) is 3.54. The minimum Gasteiger partial charge on any atom is -0.344 e. The van der Waals surface area contributed by atoms with Crippen molar-refractivity contribution < 1.29 is 16.8 Å². The normalized spacial score (nSPS) is 17.6. The molecule has 2 aliphatic rings. The van der Waals surface area contributed by atoms with Gasteiger partial charge in [-0.05, 0) is 68.4 Å². The Hall–Kier alpha value is -3.69. The molecule has 1 saturated carbocycles. The van der Waals surface area contributed by atoms with E-state index in [1.165, 1.54) is 30.3 Å². The van der Waals surface area contributed by atoms with E-state index in [0.717, 1.165) is 29.2 Å². The van der Waals surface area contributed by atoms with Gasteiger partial charge in [0.15, 0.2) is 0 Å². The highest BCUT2D eigenvalue weighted by Gasteiger charge is 2.25. The zero-order valence-corrected chi connectivity index (χ0v) is 24.6. The second kappa shape index (κ2) is 14.8. The van der Waals surface area contributed by atoms with Gasteiger partial charge < -0.3 is 11.5 Å². The Balaban J connectivity index is 0.000000654. The third-order valence-electron chi connectivity index (χ3n) is 7.27. The van der Waals surface area contributed by atoms with E-state index < -0.39 is 6.17 Å². The number of alkyl halides is 1. The number of aryl methyl sites for hydroxylation is 1. The molecule has 1 saturated heterocycles. The molecule has 5 rings (SSSR count). The van der Waals surface area contributed by atoms with Crippen LogP contribution < -0.4 is 11.5 Å². The highest BCUT2D eigenvalue weighted by molar-refractivity contribution is 5.98. The molecule has 0 bridgehead atoms. The van der Waals surface area contributed by atoms with Crippen LogP contribution in [0, 0.1) is 12.8 Å². The molecular weight excluding hydrogens is 519 g/mol. The van der Waals surface area contributed by atoms with E-state index in [1.54, 1.807) is 25.3 Å². The molecule has 9 heteroatoms. The van der Waals surface area contributed by atoms with Crippen LogP contribution in [0.2, 0.25) is 0 Å². The van der Waals surface area contributed by atoms with E-state index in [1.807, 2.05) is 42.2 Å². The van der Waals surface area contributed by atoms with Gasteiger partial charge >= 0.3 is 0 Å². The van der Waals surface area contributed by atoms with Crippen molar-refractivity contribution >= 4 is 17.5 Å². The van der Waals surface area contributed by atoms with Gasteiger partial charge in [0.05, 0.1) is 5.69 Å². The lowest BCUT2D eigenvalue weighted by atomic mass is 9.84. The summed E-state index contributed by atoms with van der Waals surface area (Å²) < 4.78 is 13.2. The SMILES string of the molecule is CC(=O)C(c1cccc(-c2ccc(NC(=O)/C=C/CN3CCC(F)C3)nc2)c1)C(C)C.Cc1cc(C2CC2)n[nH]1.N.[HH].[HH]. The lowest BCUT2D eigenvalue weighted by Gasteiger charge is -2.19. The number of Topliss-reactive ketones (excluding diaryl/α,β-unsaturated/α-hetero) is 1. The van der Waals surface area contributed by atoms with Crippen molar-refractivity contribution in [3.8, 4) is 11.1 Å². The fraction of sp³-hybridized carbons (Fsp3) is 0.438. The molecule has 2 unspecified atom stereocenters. The first-order chi connectivity index (χ1) is 19.2. The van der Waals surface area contributed by atoms with E-state index in [0.29, 0.717) is 25.3 Å². The highest BCUT2D eigenvalue weighted by Crippen LogP contribution is 2.38. The number of amides is 1. The Morgan fingerprint density at radius 3 is 2.51 bits per heavy atom. The third-order valence-corrected chi connectivity index (χ3v) is 7.27. The molecule has 224 valence electrons. The molecule has 2 atom stereocenters. The fourth-order valence-electron chi connectivity index (χ4n) is 5.09. The second-order valence-electron chi connectivity index (χ2n) is 11.2. The Bertz CT molecular complexity index is 1330. The maximum absolute atomic E-state index is 13.2. The maximum Gasteiger partial charge on any atom is 0.249 e. The average molecular weight is 567 g/mol. The summed E-state index contributed by atoms with van der Waals surface area (Å²) in [5, 5.41) is 9.83. The van der Waals surface area contributed by atoms with Gasteiger partial charge in [0.1, 0.15) is 17.8 Å². The summed E-state index contributed by atoms with van der Waals surface area (Å²) in [6.45, 7) is 9.49. The number of aromatic nitrogens is 3. The molecule has 2 aromatic heterocycles. The van der Waals surface area contributed by atoms with E-state index in [4.69, 9.17) is 0 Å². The number of anilines is 1. The first-order valence-corrected chi connectivity index (χ1v) is 14.1. The Labute approximate surface area is 245 Å². The van der Waals surface area contributed by atoms with Crippen LogP contribution in [0.5, 0.6) is 0 Å². The minimum atomic E-state index is -0.760. The summed E-state index contributed by atoms with van der Waals surface area (Å²) >= 11 is 0. The predicted octanol–water partition coefficient (Wildman–Crippen LogP) is 6.87. The molecule has 0 radical (unpaired) electrons. The van der Waals surface area contributed by atoms with Crippen molar-refractivity contribution in [2.45, 2.75) is 65.0 Å². The van der Waals surface area contributed by atoms with Crippen molar-refractivity contribution in [1.82, 2.24) is 26.2 Å². The molecule has 1 aromatic carbocycles. The first-order valence-electron chi connectivity index (χ1n) is 14.1. The van der Waals surface area contributed by atoms with Gasteiger partial charge in [0.2, 0.25) is 5.91 Å². The maximum atomic E-state index is 13.2. The number of nitrogens with zero attached hydrogens (tertiary/aromatic N) is 3. The molecule has 5 N–H and O–H groups in total. The van der Waals surface area contributed by atoms with Crippen LogP contribution in [0.3, 0.4) is 0 Å². The van der Waals surface area contributed by atoms with Gasteiger partial charge in [-0.15, -0.1) is 0 Å². The number of aromatic amines is 1. The molecule has 3 heterocycles. The van der Waals surface area contributed by atoms with Gasteiger partial charge in [-0.2, -0.15) is 5.10 Å². The largest absolute Gasteiger partial charge is 0.344 e. The number of rotatable bonds is 9. The number of hydrogen-bond acceptors (Lipinski definition) is 6. The molecule has 1 aliphatic heterocycles. The Kier molecular flexibility index (Phi) is 11.5. The second-order valence-corrected chi connectivity index (χ2v) is 11.2. The van der Waals surface area contributed by atoms with Crippen LogP contribution >= 0.6 is 0 Å². The minimum absolute atomic E-state index is 0. The third kappa shape index (κ3) is 9.43. The Morgan fingerprint density at radius 1 is 1.17 bits per heavy atom. The van der Waals surface area contributed by atoms with E-state index in [2.05, 4.69) is 40.4 Å². The fourth-order valence-corrected chi connectivity index (χ4v) is 5.09. The van der Waals surface area contributed by atoms with Crippen LogP contribution in [0.15, 0.2) is 60.8 Å². The highest BCUT2D eigenvalue weighted by atomic mass is 19.1. The van der Waals surface area contributed by atoms with Gasteiger partial charge in [0, 0.05) is 57.9 Å². The molecule has 3 aromatic rings. The molecule has 41 heavy (non-hydrogen) atoms. The topological polar surface area (TPSA) is 126 Å². The number of halogens is 1. The van der Waals surface area contributed by atoms with Crippen molar-refractivity contribution in [1.29, 1.82) is 0 Å². The van der Waals surface area contributed by atoms with Crippen LogP contribution in [-0.4, -0.2) is 57.6 Å². The number of carbonyl (C=O) groups excluding carboxylic acids is 2. The number of carbonyl (C=O) groups is 2. The van der Waals surface area contributed by atoms with Crippen molar-refractivity contribution in [2.75, 3.05) is 25.0 Å². The number of likely N-dealkylation sites (tertiary alicyclic amines) is 1. The standard InChI is InChI=1S/C25H30FN3O2.C7H10N2.H3N.2H2/c1-17(2)25(18(3)30)20-7-4-6-19(14-20)21-9-10-23(27-15-21)28-24(31)8-5-12-29-13-11-22(26)16-29;1-5-4-7(9-8-5)6-2-3-6;;;/h4-10,14-15,17,22,25H,11-13,16H2,1-3H3,(H,27,28,31);4,6H,2-3H2,1H3,(H,8,9);1H3;2*1H/b8-5+;;;;. The summed E-state index contributed by atoms with van der Waals surface area (Å²) in [6, 6.07) is 13.7. The number of nitrogens with one attached hydrogen (secondary N) is 2. The first kappa shape index (κ1) is 31.8. The summed E-state index contributed by atoms with van der Waals surface area (Å²) in [7, 11) is 0. The van der Waals surface area contributed by atoms with E-state index in [9.17, 15) is 14.0 Å². The summed E-state index contributed by atoms with van der Waals surface area (Å²) in [5.41, 5.74) is 5.33. The van der Waals surface area contributed by atoms with E-state index in [-0.39, 0.29) is 32.5 Å². The van der Waals surface area contributed by atoms with Crippen molar-refractivity contribution in [2.24, 2.45) is 5.92 Å². The lowest BCUT2D eigenvalue weighted by Crippen LogP contribution is -2.21. The van der Waals surface area contributed by atoms with E-state index >= 15 is 0 Å². The van der Waals surface area contributed by atoms with Crippen LogP contribution in [0.4, 0.5) is 10.2 Å². The van der Waals surface area contributed by atoms with Crippen molar-refractivity contribution in [3.63, 3.8) is 0 Å². The van der Waals surface area contributed by atoms with Crippen molar-refractivity contribution in [3.05, 3.63) is 77.8 Å². The number of hydrogen-bond donors (Lipinski definition) is 3. The number of H-pyrrole nitrogens is 1. The van der Waals surface area contributed by atoms with Gasteiger partial charge in [0.25, 0.3) is 0 Å². The van der Waals surface area contributed by atoms with Crippen LogP contribution in [0.1, 0.15) is 71.7 Å². The zero-order chi connectivity index (χ0) is 28.6. The van der Waals surface area contributed by atoms with Crippen LogP contribution in [-0.2, 0) is 9.59 Å². The molecule has 8 nitrogen and oxygen atoms in total. The number of benzene rings is 1. The molecule has 1 amide bonds. The summed E-state index contributed by atoms with van der Waals surface area (Å²) in [4.78, 5) is 30.5. The zero-order valence-electron chi connectivity index (χ0n) is 24.6. The van der Waals surface area contributed by atoms with Gasteiger partial charge in [-0.3, -0.25) is 19.6 Å². The number of pyridine rings is 1. The monoisotopic (exact) mass is 566 g/mol. The molecule has 1 aliphatic carbocycles.